The average molecular weight is 313 g/mol. The predicted octanol–water partition coefficient (Wildman–Crippen LogP) is 1.94. The molecule has 0 aliphatic heterocycles. The monoisotopic (exact) mass is 313 g/mol. The van der Waals surface area contributed by atoms with Crippen LogP contribution in [0.4, 0.5) is 0 Å². The van der Waals surface area contributed by atoms with Gasteiger partial charge < -0.3 is 11.1 Å². The quantitative estimate of drug-likeness (QED) is 0.894. The van der Waals surface area contributed by atoms with Crippen LogP contribution in [0.5, 0.6) is 0 Å². The number of amides is 2. The molecule has 4 fully saturated rings. The molecule has 4 aliphatic carbocycles. The van der Waals surface area contributed by atoms with Gasteiger partial charge in [-0.2, -0.15) is 0 Å². The lowest BCUT2D eigenvalue weighted by Gasteiger charge is -2.61. The number of carbonyl (C=O) groups excluding carboxylic acids is 2. The molecule has 4 bridgehead atoms. The summed E-state index contributed by atoms with van der Waals surface area (Å²) in [6.45, 7) is 1.88. The Labute approximate surface area is 136 Å². The minimum atomic E-state index is -0.405. The lowest BCUT2D eigenvalue weighted by atomic mass is 9.46. The molecule has 1 heterocycles. The van der Waals surface area contributed by atoms with E-state index in [4.69, 9.17) is 5.73 Å². The van der Waals surface area contributed by atoms with Crippen LogP contribution in [0.25, 0.3) is 0 Å². The maximum atomic E-state index is 12.7. The van der Waals surface area contributed by atoms with Crippen LogP contribution in [0.15, 0.2) is 18.2 Å². The first-order valence-corrected chi connectivity index (χ1v) is 8.46. The van der Waals surface area contributed by atoms with Gasteiger partial charge in [0.05, 0.1) is 5.41 Å². The lowest BCUT2D eigenvalue weighted by Crippen LogP contribution is -2.65. The van der Waals surface area contributed by atoms with Crippen LogP contribution in [-0.2, 0) is 4.79 Å². The van der Waals surface area contributed by atoms with Crippen molar-refractivity contribution < 1.29 is 9.59 Å². The van der Waals surface area contributed by atoms with Crippen LogP contribution in [0.1, 0.15) is 54.7 Å². The fourth-order valence-corrected chi connectivity index (χ4v) is 5.67. The largest absolute Gasteiger partial charge is 0.369 e. The van der Waals surface area contributed by atoms with Gasteiger partial charge in [0.2, 0.25) is 5.91 Å². The summed E-state index contributed by atoms with van der Waals surface area (Å²) in [7, 11) is 0. The SMILES string of the molecule is Cc1cccc(C(=O)NC23CC4CC(C2)CC(C(N)=O)(C4)C3)n1. The Morgan fingerprint density at radius 2 is 1.91 bits per heavy atom. The van der Waals surface area contributed by atoms with E-state index in [0.29, 0.717) is 24.0 Å². The molecule has 0 aromatic carbocycles. The van der Waals surface area contributed by atoms with Crippen LogP contribution in [0, 0.1) is 24.2 Å². The number of hydrogen-bond acceptors (Lipinski definition) is 3. The van der Waals surface area contributed by atoms with Gasteiger partial charge in [0, 0.05) is 11.2 Å². The van der Waals surface area contributed by atoms with Crippen LogP contribution in [0.2, 0.25) is 0 Å². The number of primary amides is 1. The van der Waals surface area contributed by atoms with E-state index in [9.17, 15) is 9.59 Å². The summed E-state index contributed by atoms with van der Waals surface area (Å²) < 4.78 is 0. The van der Waals surface area contributed by atoms with Crippen molar-refractivity contribution in [3.8, 4) is 0 Å². The highest BCUT2D eigenvalue weighted by atomic mass is 16.2. The Morgan fingerprint density at radius 3 is 2.52 bits per heavy atom. The Bertz CT molecular complexity index is 671. The number of nitrogens with two attached hydrogens (primary N) is 1. The fraction of sp³-hybridized carbons (Fsp3) is 0.611. The second kappa shape index (κ2) is 4.79. The normalized spacial score (nSPS) is 37.6. The van der Waals surface area contributed by atoms with Gasteiger partial charge in [0.25, 0.3) is 5.91 Å². The second-order valence-electron chi connectivity index (χ2n) is 8.00. The van der Waals surface area contributed by atoms with E-state index in [0.717, 1.165) is 31.4 Å². The van der Waals surface area contributed by atoms with Gasteiger partial charge in [-0.15, -0.1) is 0 Å². The minimum Gasteiger partial charge on any atom is -0.369 e. The van der Waals surface area contributed by atoms with Crippen molar-refractivity contribution in [1.82, 2.24) is 10.3 Å². The molecule has 5 rings (SSSR count). The smallest absolute Gasteiger partial charge is 0.270 e. The van der Waals surface area contributed by atoms with E-state index >= 15 is 0 Å². The summed E-state index contributed by atoms with van der Waals surface area (Å²) >= 11 is 0. The zero-order chi connectivity index (χ0) is 16.2. The fourth-order valence-electron chi connectivity index (χ4n) is 5.67. The maximum Gasteiger partial charge on any atom is 0.270 e. The number of rotatable bonds is 3. The van der Waals surface area contributed by atoms with E-state index in [-0.39, 0.29) is 17.4 Å². The number of nitrogens with zero attached hydrogens (tertiary/aromatic N) is 1. The van der Waals surface area contributed by atoms with E-state index in [1.54, 1.807) is 6.07 Å². The third-order valence-electron chi connectivity index (χ3n) is 6.08. The number of aromatic nitrogens is 1. The van der Waals surface area contributed by atoms with E-state index < -0.39 is 5.41 Å². The summed E-state index contributed by atoms with van der Waals surface area (Å²) in [6, 6.07) is 5.47. The third kappa shape index (κ3) is 2.33. The highest BCUT2D eigenvalue weighted by molar-refractivity contribution is 5.93. The highest BCUT2D eigenvalue weighted by Gasteiger charge is 2.60. The Balaban J connectivity index is 1.61. The molecule has 5 nitrogen and oxygen atoms in total. The summed E-state index contributed by atoms with van der Waals surface area (Å²) in [4.78, 5) is 29.1. The van der Waals surface area contributed by atoms with Crippen molar-refractivity contribution in [2.45, 2.75) is 51.0 Å². The molecule has 0 saturated heterocycles. The Kier molecular flexibility index (Phi) is 3.06. The van der Waals surface area contributed by atoms with Gasteiger partial charge in [-0.3, -0.25) is 9.59 Å². The van der Waals surface area contributed by atoms with Crippen molar-refractivity contribution >= 4 is 11.8 Å². The van der Waals surface area contributed by atoms with Gasteiger partial charge in [0.15, 0.2) is 0 Å². The summed E-state index contributed by atoms with van der Waals surface area (Å²) in [5.74, 6) is 0.707. The first-order valence-electron chi connectivity index (χ1n) is 8.46. The maximum absolute atomic E-state index is 12.7. The number of aryl methyl sites for hydroxylation is 1. The lowest BCUT2D eigenvalue weighted by molar-refractivity contribution is -0.146. The molecule has 5 heteroatoms. The molecule has 122 valence electrons. The molecule has 4 saturated carbocycles. The first-order chi connectivity index (χ1) is 10.9. The van der Waals surface area contributed by atoms with Crippen molar-refractivity contribution in [2.24, 2.45) is 23.0 Å². The molecule has 2 atom stereocenters. The predicted molar refractivity (Wildman–Crippen MR) is 85.5 cm³/mol. The van der Waals surface area contributed by atoms with Gasteiger partial charge in [-0.25, -0.2) is 4.98 Å². The zero-order valence-corrected chi connectivity index (χ0v) is 13.5. The Morgan fingerprint density at radius 1 is 1.22 bits per heavy atom. The molecule has 23 heavy (non-hydrogen) atoms. The van der Waals surface area contributed by atoms with E-state index in [1.165, 1.54) is 6.42 Å². The molecule has 2 unspecified atom stereocenters. The van der Waals surface area contributed by atoms with Crippen molar-refractivity contribution in [3.63, 3.8) is 0 Å². The zero-order valence-electron chi connectivity index (χ0n) is 13.5. The molecular formula is C18H23N3O2. The molecule has 3 N–H and O–H groups in total. The Hall–Kier alpha value is -1.91. The van der Waals surface area contributed by atoms with Crippen LogP contribution in [-0.4, -0.2) is 22.3 Å². The van der Waals surface area contributed by atoms with E-state index in [1.807, 2.05) is 19.1 Å². The van der Waals surface area contributed by atoms with E-state index in [2.05, 4.69) is 10.3 Å². The molecule has 0 radical (unpaired) electrons. The third-order valence-corrected chi connectivity index (χ3v) is 6.08. The molecule has 1 aromatic heterocycles. The number of hydrogen-bond donors (Lipinski definition) is 2. The second-order valence-corrected chi connectivity index (χ2v) is 8.00. The number of carbonyl (C=O) groups is 2. The van der Waals surface area contributed by atoms with Crippen LogP contribution >= 0.6 is 0 Å². The number of nitrogens with one attached hydrogen (secondary N) is 1. The first kappa shape index (κ1) is 14.7. The number of pyridine rings is 1. The molecule has 2 amide bonds. The van der Waals surface area contributed by atoms with Crippen LogP contribution in [0.3, 0.4) is 0 Å². The molecule has 1 aromatic rings. The summed E-state index contributed by atoms with van der Waals surface area (Å²) in [5, 5.41) is 3.24. The molecule has 0 spiro atoms. The minimum absolute atomic E-state index is 0.129. The van der Waals surface area contributed by atoms with Crippen molar-refractivity contribution in [1.29, 1.82) is 0 Å². The van der Waals surface area contributed by atoms with Gasteiger partial charge in [-0.1, -0.05) is 6.07 Å². The summed E-state index contributed by atoms with van der Waals surface area (Å²) in [6.07, 6.45) is 5.61. The molecule has 4 aliphatic rings. The highest BCUT2D eigenvalue weighted by Crippen LogP contribution is 2.61. The average Bonchev–Trinajstić information content (AvgIpc) is 2.45. The van der Waals surface area contributed by atoms with Crippen LogP contribution < -0.4 is 11.1 Å². The van der Waals surface area contributed by atoms with Gasteiger partial charge in [0.1, 0.15) is 5.69 Å². The topological polar surface area (TPSA) is 85.1 Å². The standard InChI is InChI=1S/C18H23N3O2/c1-11-3-2-4-14(20-11)15(22)21-18-8-12-5-13(9-18)7-17(6-12,10-18)16(19)23/h2-4,12-13H,5-10H2,1H3,(H2,19,23)(H,21,22). The summed E-state index contributed by atoms with van der Waals surface area (Å²) in [5.41, 5.74) is 6.35. The molecular weight excluding hydrogens is 290 g/mol. The van der Waals surface area contributed by atoms with Gasteiger partial charge in [-0.05, 0) is 69.4 Å². The van der Waals surface area contributed by atoms with Crippen molar-refractivity contribution in [3.05, 3.63) is 29.6 Å². The van der Waals surface area contributed by atoms with Crippen molar-refractivity contribution in [2.75, 3.05) is 0 Å². The van der Waals surface area contributed by atoms with Gasteiger partial charge >= 0.3 is 0 Å².